The third kappa shape index (κ3) is 2.44. The lowest BCUT2D eigenvalue weighted by molar-refractivity contribution is 0.0698. The Balaban J connectivity index is 1.67. The molecule has 1 N–H and O–H groups in total. The Bertz CT molecular complexity index is 842. The molecule has 4 rings (SSSR count). The van der Waals surface area contributed by atoms with Crippen LogP contribution in [0.2, 0.25) is 0 Å². The second kappa shape index (κ2) is 5.84. The summed E-state index contributed by atoms with van der Waals surface area (Å²) in [5, 5.41) is 13.7. The van der Waals surface area contributed by atoms with Crippen molar-refractivity contribution in [3.05, 3.63) is 54.6 Å². The molecule has 7 heteroatoms. The first kappa shape index (κ1) is 14.5. The van der Waals surface area contributed by atoms with Gasteiger partial charge in [-0.05, 0) is 6.42 Å². The van der Waals surface area contributed by atoms with Gasteiger partial charge < -0.3 is 19.1 Å². The van der Waals surface area contributed by atoms with Crippen molar-refractivity contribution < 1.29 is 14.4 Å². The Morgan fingerprint density at radius 2 is 2.12 bits per heavy atom. The highest BCUT2D eigenvalue weighted by Crippen LogP contribution is 2.34. The molecule has 3 aromatic rings. The average molecular weight is 324 g/mol. The highest BCUT2D eigenvalue weighted by molar-refractivity contribution is 5.99. The van der Waals surface area contributed by atoms with Crippen LogP contribution in [-0.4, -0.2) is 38.9 Å². The van der Waals surface area contributed by atoms with Crippen molar-refractivity contribution in [3.8, 4) is 11.3 Å². The first-order chi connectivity index (χ1) is 11.7. The largest absolute Gasteiger partial charge is 0.477 e. The summed E-state index contributed by atoms with van der Waals surface area (Å²) in [5.41, 5.74) is 0.825. The van der Waals surface area contributed by atoms with Gasteiger partial charge in [0.05, 0.1) is 12.4 Å². The van der Waals surface area contributed by atoms with Gasteiger partial charge in [-0.3, -0.25) is 0 Å². The van der Waals surface area contributed by atoms with Crippen molar-refractivity contribution >= 4 is 11.8 Å². The number of carboxylic acids is 1. The summed E-state index contributed by atoms with van der Waals surface area (Å²) in [7, 11) is 0. The Hall–Kier alpha value is -3.09. The van der Waals surface area contributed by atoms with Crippen LogP contribution in [0.3, 0.4) is 0 Å². The molecule has 7 nitrogen and oxygen atoms in total. The minimum atomic E-state index is -1.03. The van der Waals surface area contributed by atoms with E-state index in [1.165, 1.54) is 0 Å². The van der Waals surface area contributed by atoms with E-state index in [0.717, 1.165) is 13.0 Å². The second-order valence-corrected chi connectivity index (χ2v) is 5.78. The maximum atomic E-state index is 11.8. The fourth-order valence-corrected chi connectivity index (χ4v) is 3.14. The Kier molecular flexibility index (Phi) is 3.53. The van der Waals surface area contributed by atoms with Gasteiger partial charge in [-0.15, -0.1) is 0 Å². The molecule has 122 valence electrons. The lowest BCUT2D eigenvalue weighted by Crippen LogP contribution is -2.23. The zero-order valence-corrected chi connectivity index (χ0v) is 12.9. The monoisotopic (exact) mass is 324 g/mol. The van der Waals surface area contributed by atoms with Gasteiger partial charge in [0.2, 0.25) is 0 Å². The molecule has 0 bridgehead atoms. The van der Waals surface area contributed by atoms with Gasteiger partial charge >= 0.3 is 5.97 Å². The van der Waals surface area contributed by atoms with Gasteiger partial charge in [-0.1, -0.05) is 35.5 Å². The summed E-state index contributed by atoms with van der Waals surface area (Å²) < 4.78 is 7.43. The molecule has 1 unspecified atom stereocenters. The molecule has 2 aromatic heterocycles. The maximum absolute atomic E-state index is 11.8. The summed E-state index contributed by atoms with van der Waals surface area (Å²) in [6, 6.07) is 9.44. The lowest BCUT2D eigenvalue weighted by Gasteiger charge is -2.16. The van der Waals surface area contributed by atoms with E-state index in [1.54, 1.807) is 12.5 Å². The number of hydrogen-bond acceptors (Lipinski definition) is 5. The number of aromatic carboxylic acids is 1. The predicted octanol–water partition coefficient (Wildman–Crippen LogP) is 2.69. The van der Waals surface area contributed by atoms with Crippen molar-refractivity contribution in [3.63, 3.8) is 0 Å². The molecular formula is C17H16N4O3. The van der Waals surface area contributed by atoms with Crippen LogP contribution in [0.5, 0.6) is 0 Å². The van der Waals surface area contributed by atoms with Crippen molar-refractivity contribution in [1.29, 1.82) is 0 Å². The normalized spacial score (nSPS) is 17.3. The number of imidazole rings is 1. The molecule has 24 heavy (non-hydrogen) atoms. The van der Waals surface area contributed by atoms with E-state index in [2.05, 4.69) is 10.1 Å². The van der Waals surface area contributed by atoms with Gasteiger partial charge in [-0.25, -0.2) is 9.78 Å². The number of hydrogen-bond donors (Lipinski definition) is 1. The molecule has 0 aliphatic carbocycles. The molecule has 3 heterocycles. The molecule has 1 aliphatic rings. The number of carboxylic acid groups (broad SMARTS) is 1. The number of nitrogens with zero attached hydrogens (tertiary/aromatic N) is 4. The second-order valence-electron chi connectivity index (χ2n) is 5.78. The summed E-state index contributed by atoms with van der Waals surface area (Å²) in [6.07, 6.45) is 6.35. The SMILES string of the molecule is O=C(O)c1c(N2CCC(n3ccnc3)C2)noc1-c1ccccc1. The van der Waals surface area contributed by atoms with E-state index in [4.69, 9.17) is 4.52 Å². The van der Waals surface area contributed by atoms with Crippen LogP contribution in [0.15, 0.2) is 53.6 Å². The van der Waals surface area contributed by atoms with Crippen LogP contribution in [0.4, 0.5) is 5.82 Å². The highest BCUT2D eigenvalue weighted by atomic mass is 16.5. The van der Waals surface area contributed by atoms with Gasteiger partial charge in [-0.2, -0.15) is 0 Å². The van der Waals surface area contributed by atoms with Gasteiger partial charge in [0, 0.05) is 31.0 Å². The third-order valence-electron chi connectivity index (χ3n) is 4.33. The third-order valence-corrected chi connectivity index (χ3v) is 4.33. The standard InChI is InChI=1S/C17H16N4O3/c22-17(23)14-15(12-4-2-1-3-5-12)24-19-16(14)20-8-6-13(10-20)21-9-7-18-11-21/h1-5,7,9,11,13H,6,8,10H2,(H,22,23). The van der Waals surface area contributed by atoms with Gasteiger partial charge in [0.15, 0.2) is 17.1 Å². The van der Waals surface area contributed by atoms with Gasteiger partial charge in [0.25, 0.3) is 0 Å². The fourth-order valence-electron chi connectivity index (χ4n) is 3.14. The summed E-state index contributed by atoms with van der Waals surface area (Å²) in [6.45, 7) is 1.40. The Morgan fingerprint density at radius 3 is 2.83 bits per heavy atom. The first-order valence-corrected chi connectivity index (χ1v) is 7.75. The summed E-state index contributed by atoms with van der Waals surface area (Å²) >= 11 is 0. The number of aromatic nitrogens is 3. The first-order valence-electron chi connectivity index (χ1n) is 7.75. The zero-order chi connectivity index (χ0) is 16.5. The van der Waals surface area contributed by atoms with Crippen LogP contribution in [0.25, 0.3) is 11.3 Å². The molecule has 1 aliphatic heterocycles. The smallest absolute Gasteiger partial charge is 0.343 e. The molecular weight excluding hydrogens is 308 g/mol. The number of benzene rings is 1. The van der Waals surface area contributed by atoms with Gasteiger partial charge in [0.1, 0.15) is 0 Å². The van der Waals surface area contributed by atoms with E-state index < -0.39 is 5.97 Å². The van der Waals surface area contributed by atoms with E-state index >= 15 is 0 Å². The van der Waals surface area contributed by atoms with E-state index in [1.807, 2.05) is 46.0 Å². The van der Waals surface area contributed by atoms with E-state index in [0.29, 0.717) is 23.7 Å². The summed E-state index contributed by atoms with van der Waals surface area (Å²) in [4.78, 5) is 17.8. The fraction of sp³-hybridized carbons (Fsp3) is 0.235. The molecule has 1 fully saturated rings. The van der Waals surface area contributed by atoms with Crippen LogP contribution in [0.1, 0.15) is 22.8 Å². The molecule has 1 aromatic carbocycles. The van der Waals surface area contributed by atoms with Crippen molar-refractivity contribution in [2.75, 3.05) is 18.0 Å². The lowest BCUT2D eigenvalue weighted by atomic mass is 10.1. The molecule has 1 atom stereocenters. The van der Waals surface area contributed by atoms with Crippen molar-refractivity contribution in [2.24, 2.45) is 0 Å². The minimum absolute atomic E-state index is 0.118. The van der Waals surface area contributed by atoms with Crippen LogP contribution >= 0.6 is 0 Å². The van der Waals surface area contributed by atoms with E-state index in [-0.39, 0.29) is 11.6 Å². The van der Waals surface area contributed by atoms with Crippen molar-refractivity contribution in [1.82, 2.24) is 14.7 Å². The average Bonchev–Trinajstić information content (AvgIpc) is 3.33. The minimum Gasteiger partial charge on any atom is -0.477 e. The number of rotatable bonds is 4. The quantitative estimate of drug-likeness (QED) is 0.794. The topological polar surface area (TPSA) is 84.4 Å². The predicted molar refractivity (Wildman–Crippen MR) is 87.0 cm³/mol. The molecule has 1 saturated heterocycles. The highest BCUT2D eigenvalue weighted by Gasteiger charge is 2.32. The molecule has 0 amide bonds. The van der Waals surface area contributed by atoms with Crippen LogP contribution < -0.4 is 4.90 Å². The number of carbonyl (C=O) groups is 1. The molecule has 0 saturated carbocycles. The Morgan fingerprint density at radius 1 is 1.29 bits per heavy atom. The zero-order valence-electron chi connectivity index (χ0n) is 12.9. The molecule has 0 spiro atoms. The molecule has 0 radical (unpaired) electrons. The van der Waals surface area contributed by atoms with Crippen LogP contribution in [-0.2, 0) is 0 Å². The van der Waals surface area contributed by atoms with Crippen LogP contribution in [0, 0.1) is 0 Å². The van der Waals surface area contributed by atoms with Crippen molar-refractivity contribution in [2.45, 2.75) is 12.5 Å². The maximum Gasteiger partial charge on any atom is 0.343 e. The summed E-state index contributed by atoms with van der Waals surface area (Å²) in [5.74, 6) is -0.343. The number of anilines is 1. The Labute approximate surface area is 138 Å². The van der Waals surface area contributed by atoms with E-state index in [9.17, 15) is 9.90 Å².